The average molecular weight is 394 g/mol. The highest BCUT2D eigenvalue weighted by Crippen LogP contribution is 2.36. The fraction of sp³-hybridized carbons (Fsp3) is 0.455. The van der Waals surface area contributed by atoms with Gasteiger partial charge in [-0.2, -0.15) is 10.4 Å². The molecule has 0 radical (unpaired) electrons. The van der Waals surface area contributed by atoms with E-state index in [1.165, 1.54) is 23.9 Å². The predicted octanol–water partition coefficient (Wildman–Crippen LogP) is 3.13. The fourth-order valence-electron chi connectivity index (χ4n) is 4.55. The molecule has 2 fully saturated rings. The smallest absolute Gasteiger partial charge is 0.243 e. The number of aromatic nitrogens is 2. The third-order valence-electron chi connectivity index (χ3n) is 6.09. The molecule has 0 amide bonds. The van der Waals surface area contributed by atoms with Crippen LogP contribution in [0.2, 0.25) is 0 Å². The van der Waals surface area contributed by atoms with Crippen LogP contribution in [0.15, 0.2) is 30.6 Å². The van der Waals surface area contributed by atoms with Gasteiger partial charge in [0, 0.05) is 31.1 Å². The molecule has 4 atom stereocenters. The Morgan fingerprint density at radius 1 is 1.38 bits per heavy atom. The first kappa shape index (κ1) is 19.5. The van der Waals surface area contributed by atoms with Crippen molar-refractivity contribution in [3.8, 4) is 17.2 Å². The zero-order valence-electron chi connectivity index (χ0n) is 16.3. The maximum absolute atomic E-state index is 14.7. The van der Waals surface area contributed by atoms with Crippen LogP contribution >= 0.6 is 0 Å². The summed E-state index contributed by atoms with van der Waals surface area (Å²) >= 11 is 0. The van der Waals surface area contributed by atoms with Crippen LogP contribution < -0.4 is 5.32 Å². The first-order valence-electron chi connectivity index (χ1n) is 9.97. The number of rotatable bonds is 6. The zero-order valence-corrected chi connectivity index (χ0v) is 16.3. The van der Waals surface area contributed by atoms with Crippen molar-refractivity contribution in [3.63, 3.8) is 0 Å². The molecular formula is C22H23FN4O2. The number of carbonyl (C=O) groups is 2. The Morgan fingerprint density at radius 2 is 2.21 bits per heavy atom. The van der Waals surface area contributed by atoms with Gasteiger partial charge in [0.2, 0.25) is 5.91 Å². The number of carbonyl (C=O) groups excluding carboxylic acids is 2. The van der Waals surface area contributed by atoms with Gasteiger partial charge >= 0.3 is 0 Å². The molecule has 1 saturated carbocycles. The van der Waals surface area contributed by atoms with Crippen molar-refractivity contribution >= 4 is 11.7 Å². The summed E-state index contributed by atoms with van der Waals surface area (Å²) < 4.78 is 15.9. The van der Waals surface area contributed by atoms with Crippen molar-refractivity contribution in [2.24, 2.45) is 11.8 Å². The second-order valence-corrected chi connectivity index (χ2v) is 8.11. The summed E-state index contributed by atoms with van der Waals surface area (Å²) in [7, 11) is 0. The van der Waals surface area contributed by atoms with Crippen molar-refractivity contribution in [2.45, 2.75) is 51.1 Å². The van der Waals surface area contributed by atoms with E-state index in [9.17, 15) is 19.2 Å². The van der Waals surface area contributed by atoms with E-state index in [-0.39, 0.29) is 30.6 Å². The van der Waals surface area contributed by atoms with E-state index in [0.717, 1.165) is 19.3 Å². The van der Waals surface area contributed by atoms with Crippen molar-refractivity contribution in [2.75, 3.05) is 0 Å². The topological polar surface area (TPSA) is 87.8 Å². The molecule has 1 N–H and O–H groups in total. The summed E-state index contributed by atoms with van der Waals surface area (Å²) in [5.74, 6) is -0.746. The molecular weight excluding hydrogens is 371 g/mol. The quantitative estimate of drug-likeness (QED) is 0.813. The second-order valence-electron chi connectivity index (χ2n) is 8.11. The zero-order chi connectivity index (χ0) is 20.5. The van der Waals surface area contributed by atoms with E-state index in [1.54, 1.807) is 18.3 Å². The van der Waals surface area contributed by atoms with E-state index in [1.807, 2.05) is 0 Å². The molecule has 0 unspecified atom stereocenters. The van der Waals surface area contributed by atoms with Crippen molar-refractivity contribution in [3.05, 3.63) is 42.0 Å². The number of fused-ring (bicyclic) bond motifs is 2. The first-order chi connectivity index (χ1) is 13.9. The summed E-state index contributed by atoms with van der Waals surface area (Å²) in [6, 6.07) is 7.23. The molecule has 2 heterocycles. The van der Waals surface area contributed by atoms with E-state index in [0.29, 0.717) is 28.7 Å². The lowest BCUT2D eigenvalue weighted by molar-refractivity contribution is -0.122. The van der Waals surface area contributed by atoms with Gasteiger partial charge in [0.25, 0.3) is 0 Å². The molecule has 1 aliphatic carbocycles. The van der Waals surface area contributed by atoms with Crippen LogP contribution in [0.4, 0.5) is 4.39 Å². The predicted molar refractivity (Wildman–Crippen MR) is 104 cm³/mol. The molecule has 1 aromatic heterocycles. The minimum atomic E-state index is -0.552. The third-order valence-corrected chi connectivity index (χ3v) is 6.09. The maximum Gasteiger partial charge on any atom is 0.243 e. The Hall–Kier alpha value is -2.85. The Balaban J connectivity index is 1.43. The van der Waals surface area contributed by atoms with Crippen LogP contribution in [0.1, 0.15) is 43.0 Å². The van der Waals surface area contributed by atoms with Crippen LogP contribution in [-0.4, -0.2) is 33.6 Å². The lowest BCUT2D eigenvalue weighted by atomic mass is 9.88. The van der Waals surface area contributed by atoms with Crippen molar-refractivity contribution in [1.82, 2.24) is 15.1 Å². The van der Waals surface area contributed by atoms with Gasteiger partial charge in [-0.25, -0.2) is 9.07 Å². The van der Waals surface area contributed by atoms with Gasteiger partial charge in [-0.05, 0) is 48.8 Å². The molecule has 2 aliphatic rings. The number of halogens is 1. The molecule has 0 spiro atoms. The van der Waals surface area contributed by atoms with Gasteiger partial charge in [0.15, 0.2) is 5.78 Å². The standard InChI is InChI=1S/C22H23FN4O2/c1-13(28)27-12-18(11-25-27)15-2-3-16(20(23)9-15)6-14(10-24)7-21(29)22-17-4-5-19(8-17)26-22/h2-3,9,11-12,14,17,19,22,26H,4-8H2,1H3/t14-,17+,19-,22+/m1/s1. The highest BCUT2D eigenvalue weighted by Gasteiger charge is 2.42. The van der Waals surface area contributed by atoms with Crippen molar-refractivity contribution in [1.29, 1.82) is 5.26 Å². The number of hydrogen-bond acceptors (Lipinski definition) is 5. The molecule has 2 aromatic rings. The summed E-state index contributed by atoms with van der Waals surface area (Å²) in [4.78, 5) is 24.0. The van der Waals surface area contributed by atoms with Gasteiger partial charge in [-0.1, -0.05) is 12.1 Å². The minimum Gasteiger partial charge on any atom is -0.304 e. The number of hydrogen-bond donors (Lipinski definition) is 1. The maximum atomic E-state index is 14.7. The highest BCUT2D eigenvalue weighted by molar-refractivity contribution is 5.85. The third kappa shape index (κ3) is 3.99. The Kier molecular flexibility index (Phi) is 5.29. The van der Waals surface area contributed by atoms with Crippen LogP contribution in [-0.2, 0) is 11.2 Å². The van der Waals surface area contributed by atoms with Gasteiger partial charge < -0.3 is 5.32 Å². The molecule has 150 valence electrons. The SMILES string of the molecule is CC(=O)n1cc(-c2ccc(C[C@@H](C#N)CC(=O)[C@H]3N[C@@H]4CC[C@H]3C4)c(F)c2)cn1. The summed E-state index contributed by atoms with van der Waals surface area (Å²) in [5.41, 5.74) is 1.66. The number of nitrogens with zero attached hydrogens (tertiary/aromatic N) is 3. The number of Topliss-reactive ketones (excluding diaryl/α,β-unsaturated/α-hetero) is 1. The molecule has 29 heavy (non-hydrogen) atoms. The molecule has 6 nitrogen and oxygen atoms in total. The van der Waals surface area contributed by atoms with Crippen LogP contribution in [0.25, 0.3) is 11.1 Å². The van der Waals surface area contributed by atoms with E-state index < -0.39 is 11.7 Å². The van der Waals surface area contributed by atoms with E-state index in [4.69, 9.17) is 0 Å². The fourth-order valence-corrected chi connectivity index (χ4v) is 4.55. The van der Waals surface area contributed by atoms with Crippen molar-refractivity contribution < 1.29 is 14.0 Å². The highest BCUT2D eigenvalue weighted by atomic mass is 19.1. The summed E-state index contributed by atoms with van der Waals surface area (Å²) in [5, 5.41) is 16.8. The largest absolute Gasteiger partial charge is 0.304 e. The Labute approximate surface area is 168 Å². The number of benzene rings is 1. The van der Waals surface area contributed by atoms with Crippen LogP contribution in [0, 0.1) is 29.0 Å². The molecule has 1 aromatic carbocycles. The van der Waals surface area contributed by atoms with E-state index >= 15 is 0 Å². The van der Waals surface area contributed by atoms with Gasteiger partial charge in [0.05, 0.1) is 24.2 Å². The van der Waals surface area contributed by atoms with E-state index in [2.05, 4.69) is 16.5 Å². The Morgan fingerprint density at radius 3 is 2.79 bits per heavy atom. The number of nitriles is 1. The van der Waals surface area contributed by atoms with Gasteiger partial charge in [0.1, 0.15) is 5.82 Å². The second kappa shape index (κ2) is 7.88. The monoisotopic (exact) mass is 394 g/mol. The molecule has 7 heteroatoms. The lowest BCUT2D eigenvalue weighted by Crippen LogP contribution is -2.42. The van der Waals surface area contributed by atoms with Crippen LogP contribution in [0.5, 0.6) is 0 Å². The van der Waals surface area contributed by atoms with Gasteiger partial charge in [-0.3, -0.25) is 9.59 Å². The summed E-state index contributed by atoms with van der Waals surface area (Å²) in [6.07, 6.45) is 6.64. The van der Waals surface area contributed by atoms with Crippen LogP contribution in [0.3, 0.4) is 0 Å². The summed E-state index contributed by atoms with van der Waals surface area (Å²) in [6.45, 7) is 1.40. The molecule has 1 aliphatic heterocycles. The molecule has 1 saturated heterocycles. The number of nitrogens with one attached hydrogen (secondary N) is 1. The molecule has 2 bridgehead atoms. The normalized spacial score (nSPS) is 23.7. The lowest BCUT2D eigenvalue weighted by Gasteiger charge is -2.22. The molecule has 4 rings (SSSR count). The number of piperidine rings is 1. The number of ketones is 1. The Bertz CT molecular complexity index is 993. The minimum absolute atomic E-state index is 0.0671. The first-order valence-corrected chi connectivity index (χ1v) is 9.97. The average Bonchev–Trinajstić information content (AvgIpc) is 3.45. The van der Waals surface area contributed by atoms with Gasteiger partial charge in [-0.15, -0.1) is 0 Å².